The molecule has 0 radical (unpaired) electrons. The van der Waals surface area contributed by atoms with Gasteiger partial charge in [0.2, 0.25) is 5.91 Å². The van der Waals surface area contributed by atoms with Gasteiger partial charge in [-0.1, -0.05) is 6.92 Å². The van der Waals surface area contributed by atoms with Gasteiger partial charge in [0.05, 0.1) is 13.0 Å². The number of piperazine rings is 1. The lowest BCUT2D eigenvalue weighted by Crippen LogP contribution is -2.58. The third kappa shape index (κ3) is 3.96. The Hall–Kier alpha value is -1.14. The fourth-order valence-electron chi connectivity index (χ4n) is 2.14. The van der Waals surface area contributed by atoms with Gasteiger partial charge in [-0.2, -0.15) is 0 Å². The van der Waals surface area contributed by atoms with Crippen LogP contribution in [0.4, 0.5) is 0 Å². The number of methoxy groups -OCH3 is 1. The third-order valence-corrected chi connectivity index (χ3v) is 3.12. The Balaban J connectivity index is 2.59. The number of hydrogen-bond donors (Lipinski definition) is 2. The van der Waals surface area contributed by atoms with Gasteiger partial charge < -0.3 is 15.4 Å². The summed E-state index contributed by atoms with van der Waals surface area (Å²) in [6, 6.07) is -0.203. The van der Waals surface area contributed by atoms with Crippen molar-refractivity contribution in [2.24, 2.45) is 5.92 Å². The number of hydrogen-bond acceptors (Lipinski definition) is 5. The third-order valence-electron chi connectivity index (χ3n) is 3.12. The van der Waals surface area contributed by atoms with E-state index in [9.17, 15) is 9.59 Å². The largest absolute Gasteiger partial charge is 0.469 e. The van der Waals surface area contributed by atoms with Crippen molar-refractivity contribution in [3.63, 3.8) is 0 Å². The van der Waals surface area contributed by atoms with Crippen LogP contribution in [0.25, 0.3) is 0 Å². The van der Waals surface area contributed by atoms with Gasteiger partial charge in [0, 0.05) is 32.7 Å². The normalized spacial score (nSPS) is 22.3. The molecule has 0 saturated carbocycles. The molecule has 0 spiro atoms. The van der Waals surface area contributed by atoms with E-state index in [0.29, 0.717) is 19.6 Å². The predicted molar refractivity (Wildman–Crippen MR) is 68.1 cm³/mol. The van der Waals surface area contributed by atoms with E-state index in [1.807, 2.05) is 18.7 Å². The molecule has 0 bridgehead atoms. The SMILES string of the molecule is CCNC(=O)C1CNCCN1CC(C)C(=O)OC. The molecule has 6 nitrogen and oxygen atoms in total. The van der Waals surface area contributed by atoms with Crippen molar-refractivity contribution in [1.82, 2.24) is 15.5 Å². The molecule has 1 heterocycles. The number of nitrogens with zero attached hydrogens (tertiary/aromatic N) is 1. The second-order valence-electron chi connectivity index (χ2n) is 4.53. The standard InChI is InChI=1S/C12H23N3O3/c1-4-14-11(16)10-7-13-5-6-15(10)8-9(2)12(17)18-3/h9-10,13H,4-8H2,1-3H3,(H,14,16). The number of rotatable bonds is 5. The summed E-state index contributed by atoms with van der Waals surface area (Å²) < 4.78 is 4.71. The fourth-order valence-corrected chi connectivity index (χ4v) is 2.14. The zero-order chi connectivity index (χ0) is 13.5. The van der Waals surface area contributed by atoms with Crippen molar-refractivity contribution in [1.29, 1.82) is 0 Å². The molecule has 0 aliphatic carbocycles. The minimum Gasteiger partial charge on any atom is -0.469 e. The van der Waals surface area contributed by atoms with Crippen molar-refractivity contribution < 1.29 is 14.3 Å². The highest BCUT2D eigenvalue weighted by molar-refractivity contribution is 5.82. The molecule has 2 unspecified atom stereocenters. The summed E-state index contributed by atoms with van der Waals surface area (Å²) in [6.45, 7) is 7.12. The van der Waals surface area contributed by atoms with Crippen molar-refractivity contribution >= 4 is 11.9 Å². The topological polar surface area (TPSA) is 70.7 Å². The minimum atomic E-state index is -0.233. The van der Waals surface area contributed by atoms with Gasteiger partial charge in [0.1, 0.15) is 6.04 Å². The summed E-state index contributed by atoms with van der Waals surface area (Å²) >= 11 is 0. The molecule has 6 heteroatoms. The Morgan fingerprint density at radius 3 is 2.89 bits per heavy atom. The average molecular weight is 257 g/mol. The van der Waals surface area contributed by atoms with Crippen molar-refractivity contribution in [2.75, 3.05) is 39.8 Å². The molecule has 1 saturated heterocycles. The maximum Gasteiger partial charge on any atom is 0.309 e. The van der Waals surface area contributed by atoms with Crippen LogP contribution in [0.15, 0.2) is 0 Å². The summed E-state index contributed by atoms with van der Waals surface area (Å²) in [5.41, 5.74) is 0. The Labute approximate surface area is 108 Å². The van der Waals surface area contributed by atoms with E-state index in [-0.39, 0.29) is 23.8 Å². The van der Waals surface area contributed by atoms with E-state index >= 15 is 0 Å². The minimum absolute atomic E-state index is 0.0155. The first kappa shape index (κ1) is 14.9. The van der Waals surface area contributed by atoms with Crippen molar-refractivity contribution in [3.8, 4) is 0 Å². The Bertz CT molecular complexity index is 296. The van der Waals surface area contributed by atoms with Crippen molar-refractivity contribution in [2.45, 2.75) is 19.9 Å². The Kier molecular flexibility index (Phi) is 6.07. The van der Waals surface area contributed by atoms with Gasteiger partial charge in [-0.3, -0.25) is 14.5 Å². The molecule has 1 aliphatic rings. The first-order valence-electron chi connectivity index (χ1n) is 6.40. The van der Waals surface area contributed by atoms with Gasteiger partial charge in [0.15, 0.2) is 0 Å². The maximum absolute atomic E-state index is 11.9. The lowest BCUT2D eigenvalue weighted by Gasteiger charge is -2.36. The number of carbonyl (C=O) groups excluding carboxylic acids is 2. The molecule has 104 valence electrons. The smallest absolute Gasteiger partial charge is 0.309 e. The number of amides is 1. The van der Waals surface area contributed by atoms with Crippen LogP contribution in [0, 0.1) is 5.92 Å². The first-order chi connectivity index (χ1) is 8.60. The molecule has 0 aromatic rings. The molecule has 2 atom stereocenters. The highest BCUT2D eigenvalue weighted by atomic mass is 16.5. The molecular weight excluding hydrogens is 234 g/mol. The summed E-state index contributed by atoms with van der Waals surface area (Å²) in [7, 11) is 1.39. The zero-order valence-electron chi connectivity index (χ0n) is 11.4. The summed E-state index contributed by atoms with van der Waals surface area (Å²) in [6.07, 6.45) is 0. The molecule has 1 aliphatic heterocycles. The monoisotopic (exact) mass is 257 g/mol. The number of ether oxygens (including phenoxy) is 1. The van der Waals surface area contributed by atoms with Crippen LogP contribution in [0.5, 0.6) is 0 Å². The van der Waals surface area contributed by atoms with E-state index in [4.69, 9.17) is 4.74 Å². The van der Waals surface area contributed by atoms with Crippen molar-refractivity contribution in [3.05, 3.63) is 0 Å². The van der Waals surface area contributed by atoms with Crippen LogP contribution >= 0.6 is 0 Å². The van der Waals surface area contributed by atoms with Gasteiger partial charge >= 0.3 is 5.97 Å². The number of likely N-dealkylation sites (N-methyl/N-ethyl adjacent to an activating group) is 1. The van der Waals surface area contributed by atoms with Gasteiger partial charge in [-0.25, -0.2) is 0 Å². The van der Waals surface area contributed by atoms with Gasteiger partial charge in [0.25, 0.3) is 0 Å². The second-order valence-corrected chi connectivity index (χ2v) is 4.53. The Morgan fingerprint density at radius 1 is 1.56 bits per heavy atom. The first-order valence-corrected chi connectivity index (χ1v) is 6.40. The number of esters is 1. The van der Waals surface area contributed by atoms with Crippen LogP contribution in [0.1, 0.15) is 13.8 Å². The van der Waals surface area contributed by atoms with E-state index in [1.54, 1.807) is 0 Å². The summed E-state index contributed by atoms with van der Waals surface area (Å²) in [5, 5.41) is 6.03. The Morgan fingerprint density at radius 2 is 2.28 bits per heavy atom. The fraction of sp³-hybridized carbons (Fsp3) is 0.833. The van der Waals surface area contributed by atoms with Crippen LogP contribution < -0.4 is 10.6 Å². The average Bonchev–Trinajstić information content (AvgIpc) is 2.38. The second kappa shape index (κ2) is 7.33. The molecule has 0 aromatic heterocycles. The lowest BCUT2D eigenvalue weighted by molar-refractivity contribution is -0.146. The van der Waals surface area contributed by atoms with Gasteiger partial charge in [-0.15, -0.1) is 0 Å². The predicted octanol–water partition coefficient (Wildman–Crippen LogP) is -0.795. The zero-order valence-corrected chi connectivity index (χ0v) is 11.4. The maximum atomic E-state index is 11.9. The van der Waals surface area contributed by atoms with E-state index < -0.39 is 0 Å². The van der Waals surface area contributed by atoms with E-state index in [1.165, 1.54) is 7.11 Å². The summed E-state index contributed by atoms with van der Waals surface area (Å²) in [4.78, 5) is 25.4. The van der Waals surface area contributed by atoms with Crippen LogP contribution in [0.2, 0.25) is 0 Å². The van der Waals surface area contributed by atoms with Crippen LogP contribution in [0.3, 0.4) is 0 Å². The highest BCUT2D eigenvalue weighted by Gasteiger charge is 2.30. The summed E-state index contributed by atoms with van der Waals surface area (Å²) in [5.74, 6) is -0.435. The van der Waals surface area contributed by atoms with E-state index in [2.05, 4.69) is 10.6 Å². The van der Waals surface area contributed by atoms with Crippen LogP contribution in [-0.4, -0.2) is 62.7 Å². The lowest BCUT2D eigenvalue weighted by atomic mass is 10.1. The molecule has 1 rings (SSSR count). The highest BCUT2D eigenvalue weighted by Crippen LogP contribution is 2.09. The number of carbonyl (C=O) groups is 2. The molecule has 18 heavy (non-hydrogen) atoms. The molecule has 2 N–H and O–H groups in total. The molecule has 0 aromatic carbocycles. The molecule has 1 amide bonds. The molecule has 1 fully saturated rings. The van der Waals surface area contributed by atoms with Gasteiger partial charge in [-0.05, 0) is 6.92 Å². The molecular formula is C12H23N3O3. The quantitative estimate of drug-likeness (QED) is 0.631. The van der Waals surface area contributed by atoms with Crippen LogP contribution in [-0.2, 0) is 14.3 Å². The van der Waals surface area contributed by atoms with E-state index in [0.717, 1.165) is 13.1 Å². The number of nitrogens with one attached hydrogen (secondary N) is 2.